The van der Waals surface area contributed by atoms with Gasteiger partial charge in [0.1, 0.15) is 0 Å². The van der Waals surface area contributed by atoms with Gasteiger partial charge in [0.05, 0.1) is 0 Å². The lowest BCUT2D eigenvalue weighted by Crippen LogP contribution is -1.94. The van der Waals surface area contributed by atoms with Crippen molar-refractivity contribution in [3.8, 4) is 0 Å². The van der Waals surface area contributed by atoms with Crippen LogP contribution in [0.4, 0.5) is 5.13 Å². The molecule has 1 aromatic heterocycles. The van der Waals surface area contributed by atoms with Crippen molar-refractivity contribution in [1.29, 1.82) is 0 Å². The zero-order valence-electron chi connectivity index (χ0n) is 9.25. The Morgan fingerprint density at radius 3 is 2.44 bits per heavy atom. The van der Waals surface area contributed by atoms with Crippen molar-refractivity contribution in [2.24, 2.45) is 0 Å². The van der Waals surface area contributed by atoms with Crippen molar-refractivity contribution >= 4 is 32.4 Å². The summed E-state index contributed by atoms with van der Waals surface area (Å²) in [7, 11) is 0. The third-order valence-electron chi connectivity index (χ3n) is 2.58. The van der Waals surface area contributed by atoms with E-state index in [9.17, 15) is 0 Å². The maximum Gasteiger partial charge on any atom is 0.180 e. The molecule has 0 saturated heterocycles. The highest BCUT2D eigenvalue weighted by Gasteiger charge is 2.07. The zero-order valence-corrected chi connectivity index (χ0v) is 11.7. The number of benzene rings is 1. The Labute approximate surface area is 108 Å². The molecule has 0 saturated carbocycles. The lowest BCUT2D eigenvalue weighted by Gasteiger charge is -2.09. The molecule has 0 spiro atoms. The van der Waals surface area contributed by atoms with Crippen LogP contribution in [0.5, 0.6) is 0 Å². The Hall–Kier alpha value is -0.870. The monoisotopic (exact) mass is 296 g/mol. The molecule has 0 bridgehead atoms. The number of hydrogen-bond acceptors (Lipinski definition) is 3. The van der Waals surface area contributed by atoms with E-state index in [1.165, 1.54) is 21.6 Å². The van der Waals surface area contributed by atoms with Crippen molar-refractivity contribution in [2.45, 2.75) is 20.3 Å². The molecule has 16 heavy (non-hydrogen) atoms. The van der Waals surface area contributed by atoms with Gasteiger partial charge in [-0.05, 0) is 42.7 Å². The molecule has 0 aliphatic rings. The van der Waals surface area contributed by atoms with Crippen molar-refractivity contribution in [3.63, 3.8) is 0 Å². The Morgan fingerprint density at radius 1 is 1.31 bits per heavy atom. The molecule has 2 N–H and O–H groups in total. The summed E-state index contributed by atoms with van der Waals surface area (Å²) in [5.41, 5.74) is 9.61. The van der Waals surface area contributed by atoms with Crippen LogP contribution < -0.4 is 5.73 Å². The Balaban J connectivity index is 2.34. The number of rotatable bonds is 2. The van der Waals surface area contributed by atoms with Crippen LogP contribution in [0, 0.1) is 13.8 Å². The standard InChI is InChI=1S/C12H13BrN2S/c1-7-3-9(13)4-8(2)11(7)5-10-6-15-12(14)16-10/h3-4,6H,5H2,1-2H3,(H2,14,15). The highest BCUT2D eigenvalue weighted by Crippen LogP contribution is 2.25. The van der Waals surface area contributed by atoms with Gasteiger partial charge >= 0.3 is 0 Å². The zero-order chi connectivity index (χ0) is 11.7. The molecule has 4 heteroatoms. The predicted molar refractivity (Wildman–Crippen MR) is 72.9 cm³/mol. The number of aromatic nitrogens is 1. The average molecular weight is 297 g/mol. The molecule has 1 heterocycles. The molecule has 2 aromatic rings. The maximum atomic E-state index is 5.63. The van der Waals surface area contributed by atoms with Crippen molar-refractivity contribution < 1.29 is 0 Å². The topological polar surface area (TPSA) is 38.9 Å². The summed E-state index contributed by atoms with van der Waals surface area (Å²) >= 11 is 5.07. The fraction of sp³-hybridized carbons (Fsp3) is 0.250. The van der Waals surface area contributed by atoms with Crippen LogP contribution in [-0.2, 0) is 6.42 Å². The highest BCUT2D eigenvalue weighted by molar-refractivity contribution is 9.10. The number of hydrogen-bond donors (Lipinski definition) is 1. The lowest BCUT2D eigenvalue weighted by atomic mass is 10.00. The molecule has 2 rings (SSSR count). The van der Waals surface area contributed by atoms with Crippen LogP contribution in [0.1, 0.15) is 21.6 Å². The van der Waals surface area contributed by atoms with Gasteiger partial charge in [0.15, 0.2) is 5.13 Å². The number of nitrogens with two attached hydrogens (primary N) is 1. The Kier molecular flexibility index (Phi) is 3.30. The first-order chi connectivity index (χ1) is 7.56. The normalized spacial score (nSPS) is 10.7. The van der Waals surface area contributed by atoms with Crippen molar-refractivity contribution in [3.05, 3.63) is 44.4 Å². The Bertz CT molecular complexity index is 496. The van der Waals surface area contributed by atoms with Crippen LogP contribution in [-0.4, -0.2) is 4.98 Å². The summed E-state index contributed by atoms with van der Waals surface area (Å²) in [6, 6.07) is 4.29. The molecule has 1 aromatic carbocycles. The van der Waals surface area contributed by atoms with Crippen LogP contribution in [0.15, 0.2) is 22.8 Å². The highest BCUT2D eigenvalue weighted by atomic mass is 79.9. The first-order valence-corrected chi connectivity index (χ1v) is 6.63. The van der Waals surface area contributed by atoms with Gasteiger partial charge in [-0.2, -0.15) is 0 Å². The number of thiazole rings is 1. The molecule has 0 radical (unpaired) electrons. The fourth-order valence-electron chi connectivity index (χ4n) is 1.80. The van der Waals surface area contributed by atoms with Gasteiger partial charge in [-0.1, -0.05) is 15.9 Å². The molecular weight excluding hydrogens is 284 g/mol. The number of anilines is 1. The second-order valence-electron chi connectivity index (χ2n) is 3.86. The van der Waals surface area contributed by atoms with E-state index in [1.54, 1.807) is 11.3 Å². The first-order valence-electron chi connectivity index (χ1n) is 5.02. The largest absolute Gasteiger partial charge is 0.375 e. The van der Waals surface area contributed by atoms with Gasteiger partial charge in [-0.15, -0.1) is 11.3 Å². The summed E-state index contributed by atoms with van der Waals surface area (Å²) in [5.74, 6) is 0. The summed E-state index contributed by atoms with van der Waals surface area (Å²) in [5, 5.41) is 0.641. The van der Waals surface area contributed by atoms with Gasteiger partial charge in [0.2, 0.25) is 0 Å². The number of nitrogens with zero attached hydrogens (tertiary/aromatic N) is 1. The molecular formula is C12H13BrN2S. The maximum absolute atomic E-state index is 5.63. The van der Waals surface area contributed by atoms with Crippen LogP contribution in [0.2, 0.25) is 0 Å². The summed E-state index contributed by atoms with van der Waals surface area (Å²) in [4.78, 5) is 5.29. The smallest absolute Gasteiger partial charge is 0.180 e. The molecule has 0 aliphatic carbocycles. The predicted octanol–water partition coefficient (Wildman–Crippen LogP) is 3.70. The lowest BCUT2D eigenvalue weighted by molar-refractivity contribution is 1.14. The molecule has 0 atom stereocenters. The summed E-state index contributed by atoms with van der Waals surface area (Å²) < 4.78 is 1.13. The molecule has 84 valence electrons. The number of aryl methyl sites for hydroxylation is 2. The number of nitrogen functional groups attached to an aromatic ring is 1. The van der Waals surface area contributed by atoms with E-state index in [4.69, 9.17) is 5.73 Å². The molecule has 2 nitrogen and oxygen atoms in total. The number of halogens is 1. The van der Waals surface area contributed by atoms with E-state index in [0.717, 1.165) is 10.9 Å². The molecule has 0 amide bonds. The van der Waals surface area contributed by atoms with Gasteiger partial charge in [0, 0.05) is 22.0 Å². The molecule has 0 fully saturated rings. The quantitative estimate of drug-likeness (QED) is 0.918. The average Bonchev–Trinajstić information content (AvgIpc) is 2.58. The van der Waals surface area contributed by atoms with Gasteiger partial charge in [-0.3, -0.25) is 0 Å². The van der Waals surface area contributed by atoms with E-state index >= 15 is 0 Å². The Morgan fingerprint density at radius 2 is 1.94 bits per heavy atom. The van der Waals surface area contributed by atoms with Crippen LogP contribution in [0.3, 0.4) is 0 Å². The second kappa shape index (κ2) is 4.55. The van der Waals surface area contributed by atoms with Gasteiger partial charge in [0.25, 0.3) is 0 Å². The third-order valence-corrected chi connectivity index (χ3v) is 3.87. The van der Waals surface area contributed by atoms with Crippen LogP contribution >= 0.6 is 27.3 Å². The summed E-state index contributed by atoms with van der Waals surface area (Å²) in [6.45, 7) is 4.27. The minimum Gasteiger partial charge on any atom is -0.375 e. The molecule has 0 unspecified atom stereocenters. The van der Waals surface area contributed by atoms with Gasteiger partial charge < -0.3 is 5.73 Å². The minimum atomic E-state index is 0.641. The SMILES string of the molecule is Cc1cc(Br)cc(C)c1Cc1cnc(N)s1. The fourth-order valence-corrected chi connectivity index (χ4v) is 3.18. The van der Waals surface area contributed by atoms with Crippen molar-refractivity contribution in [2.75, 3.05) is 5.73 Å². The van der Waals surface area contributed by atoms with E-state index in [-0.39, 0.29) is 0 Å². The molecule has 0 aliphatic heterocycles. The first kappa shape index (κ1) is 11.6. The third kappa shape index (κ3) is 2.44. The second-order valence-corrected chi connectivity index (χ2v) is 5.92. The summed E-state index contributed by atoms with van der Waals surface area (Å²) in [6.07, 6.45) is 2.78. The van der Waals surface area contributed by atoms with E-state index < -0.39 is 0 Å². The van der Waals surface area contributed by atoms with Crippen molar-refractivity contribution in [1.82, 2.24) is 4.98 Å². The van der Waals surface area contributed by atoms with E-state index in [2.05, 4.69) is 46.9 Å². The van der Waals surface area contributed by atoms with Gasteiger partial charge in [-0.25, -0.2) is 4.98 Å². The van der Waals surface area contributed by atoms with E-state index in [0.29, 0.717) is 5.13 Å². The van der Waals surface area contributed by atoms with Crippen LogP contribution in [0.25, 0.3) is 0 Å². The van der Waals surface area contributed by atoms with E-state index in [1.807, 2.05) is 6.20 Å². The minimum absolute atomic E-state index is 0.641.